The van der Waals surface area contributed by atoms with Crippen LogP contribution in [0.1, 0.15) is 59.6 Å². The van der Waals surface area contributed by atoms with Crippen molar-refractivity contribution in [3.05, 3.63) is 33.7 Å². The molecule has 2 saturated heterocycles. The first kappa shape index (κ1) is 25.4. The Kier molecular flexibility index (Phi) is 7.06. The van der Waals surface area contributed by atoms with Gasteiger partial charge in [-0.2, -0.15) is 0 Å². The molecule has 1 aromatic carbocycles. The third kappa shape index (κ3) is 5.82. The Morgan fingerprint density at radius 2 is 1.73 bits per heavy atom. The quantitative estimate of drug-likeness (QED) is 0.291. The molecule has 0 aromatic heterocycles. The Hall–Kier alpha value is -2.26. The molecular weight excluding hydrogens is 421 g/mol. The Morgan fingerprint density at radius 1 is 1.15 bits per heavy atom. The summed E-state index contributed by atoms with van der Waals surface area (Å²) >= 11 is 0. The van der Waals surface area contributed by atoms with E-state index in [0.717, 1.165) is 29.7 Å². The van der Waals surface area contributed by atoms with Crippen molar-refractivity contribution in [2.24, 2.45) is 5.11 Å². The van der Waals surface area contributed by atoms with Crippen molar-refractivity contribution in [1.29, 1.82) is 0 Å². The van der Waals surface area contributed by atoms with Gasteiger partial charge in [0.15, 0.2) is 0 Å². The lowest BCUT2D eigenvalue weighted by molar-refractivity contribution is 0.00578. The van der Waals surface area contributed by atoms with Gasteiger partial charge in [0.25, 0.3) is 0 Å². The van der Waals surface area contributed by atoms with Gasteiger partial charge >= 0.3 is 13.2 Å². The van der Waals surface area contributed by atoms with Gasteiger partial charge in [-0.3, -0.25) is 4.90 Å². The number of benzene rings is 1. The van der Waals surface area contributed by atoms with Crippen LogP contribution in [-0.4, -0.2) is 66.0 Å². The van der Waals surface area contributed by atoms with Gasteiger partial charge in [-0.05, 0) is 77.5 Å². The lowest BCUT2D eigenvalue weighted by Crippen LogP contribution is -2.49. The smallest absolute Gasteiger partial charge is 0.444 e. The van der Waals surface area contributed by atoms with Gasteiger partial charge in [0.1, 0.15) is 5.60 Å². The molecular formula is C23H36BN5O4. The Labute approximate surface area is 197 Å². The highest BCUT2D eigenvalue weighted by Crippen LogP contribution is 2.37. The zero-order valence-corrected chi connectivity index (χ0v) is 21.1. The Balaban J connectivity index is 1.76. The predicted molar refractivity (Wildman–Crippen MR) is 129 cm³/mol. The van der Waals surface area contributed by atoms with E-state index < -0.39 is 23.9 Å². The molecule has 2 aliphatic heterocycles. The molecule has 3 rings (SSSR count). The number of carbonyl (C=O) groups is 1. The molecule has 0 atom stereocenters. The number of ether oxygens (including phenoxy) is 1. The van der Waals surface area contributed by atoms with Crippen molar-refractivity contribution in [3.63, 3.8) is 0 Å². The van der Waals surface area contributed by atoms with E-state index in [0.29, 0.717) is 25.3 Å². The molecule has 2 aliphatic rings. The van der Waals surface area contributed by atoms with E-state index in [1.165, 1.54) is 0 Å². The standard InChI is InChI=1S/C23H36BN5O4/c1-16-17(15-28-9-11-29(12-10-28)20(30)31-21(2,3)4)13-18(14-19(16)26-27-25)24-32-22(5,6)23(7,8)33-24/h13-14H,9-12,15H2,1-8H3. The van der Waals surface area contributed by atoms with Crippen molar-refractivity contribution in [3.8, 4) is 0 Å². The maximum atomic E-state index is 12.4. The second-order valence-corrected chi connectivity index (χ2v) is 10.8. The van der Waals surface area contributed by atoms with Crippen LogP contribution in [0, 0.1) is 6.92 Å². The number of rotatable bonds is 4. The molecule has 0 N–H and O–H groups in total. The summed E-state index contributed by atoms with van der Waals surface area (Å²) in [4.78, 5) is 19.4. The first-order valence-electron chi connectivity index (χ1n) is 11.5. The fraction of sp³-hybridized carbons (Fsp3) is 0.696. The summed E-state index contributed by atoms with van der Waals surface area (Å²) in [6.45, 7) is 19.0. The average Bonchev–Trinajstić information content (AvgIpc) is 2.91. The van der Waals surface area contributed by atoms with E-state index in [-0.39, 0.29) is 6.09 Å². The van der Waals surface area contributed by atoms with E-state index in [4.69, 9.17) is 19.6 Å². The maximum absolute atomic E-state index is 12.4. The monoisotopic (exact) mass is 457 g/mol. The molecule has 1 aromatic rings. The lowest BCUT2D eigenvalue weighted by atomic mass is 9.77. The summed E-state index contributed by atoms with van der Waals surface area (Å²) in [6, 6.07) is 3.93. The third-order valence-electron chi connectivity index (χ3n) is 6.61. The number of piperazine rings is 1. The molecule has 0 spiro atoms. The molecule has 0 unspecified atom stereocenters. The highest BCUT2D eigenvalue weighted by molar-refractivity contribution is 6.62. The third-order valence-corrected chi connectivity index (χ3v) is 6.61. The molecule has 10 heteroatoms. The summed E-state index contributed by atoms with van der Waals surface area (Å²) in [5.41, 5.74) is 11.1. The van der Waals surface area contributed by atoms with Crippen LogP contribution in [0.4, 0.5) is 10.5 Å². The van der Waals surface area contributed by atoms with Gasteiger partial charge in [0.05, 0.1) is 11.2 Å². The SMILES string of the molecule is Cc1c(CN2CCN(C(=O)OC(C)(C)C)CC2)cc(B2OC(C)(C)C(C)(C)O2)cc1N=[N+]=[N-]. The van der Waals surface area contributed by atoms with Crippen LogP contribution < -0.4 is 5.46 Å². The van der Waals surface area contributed by atoms with Crippen LogP contribution in [-0.2, 0) is 20.6 Å². The second-order valence-electron chi connectivity index (χ2n) is 10.8. The maximum Gasteiger partial charge on any atom is 0.494 e. The molecule has 0 saturated carbocycles. The van der Waals surface area contributed by atoms with Crippen molar-refractivity contribution < 1.29 is 18.8 Å². The second kappa shape index (κ2) is 9.18. The minimum Gasteiger partial charge on any atom is -0.444 e. The minimum absolute atomic E-state index is 0.272. The number of hydrogen-bond acceptors (Lipinski definition) is 6. The average molecular weight is 457 g/mol. The topological polar surface area (TPSA) is 100 Å². The molecule has 1 amide bonds. The Morgan fingerprint density at radius 3 is 2.24 bits per heavy atom. The van der Waals surface area contributed by atoms with Crippen molar-refractivity contribution >= 4 is 24.4 Å². The fourth-order valence-corrected chi connectivity index (χ4v) is 3.87. The van der Waals surface area contributed by atoms with Crippen LogP contribution >= 0.6 is 0 Å². The van der Waals surface area contributed by atoms with Gasteiger partial charge in [-0.25, -0.2) is 4.79 Å². The van der Waals surface area contributed by atoms with Gasteiger partial charge in [-0.1, -0.05) is 17.2 Å². The van der Waals surface area contributed by atoms with E-state index >= 15 is 0 Å². The highest BCUT2D eigenvalue weighted by atomic mass is 16.7. The zero-order chi connectivity index (χ0) is 24.6. The van der Waals surface area contributed by atoms with Crippen molar-refractivity contribution in [2.75, 3.05) is 26.2 Å². The first-order valence-corrected chi connectivity index (χ1v) is 11.5. The number of nitrogens with zero attached hydrogens (tertiary/aromatic N) is 5. The summed E-state index contributed by atoms with van der Waals surface area (Å²) in [5, 5.41) is 3.92. The summed E-state index contributed by atoms with van der Waals surface area (Å²) in [7, 11) is -0.536. The zero-order valence-electron chi connectivity index (χ0n) is 21.1. The number of azide groups is 1. The normalized spacial score (nSPS) is 20.5. The van der Waals surface area contributed by atoms with Crippen LogP contribution in [0.2, 0.25) is 0 Å². The molecule has 180 valence electrons. The van der Waals surface area contributed by atoms with Crippen LogP contribution in [0.25, 0.3) is 10.4 Å². The van der Waals surface area contributed by atoms with Crippen LogP contribution in [0.3, 0.4) is 0 Å². The lowest BCUT2D eigenvalue weighted by Gasteiger charge is -2.36. The number of carbonyl (C=O) groups excluding carboxylic acids is 1. The predicted octanol–water partition coefficient (Wildman–Crippen LogP) is 4.29. The van der Waals surface area contributed by atoms with Gasteiger partial charge < -0.3 is 18.9 Å². The molecule has 0 bridgehead atoms. The fourth-order valence-electron chi connectivity index (χ4n) is 3.87. The molecule has 0 aliphatic carbocycles. The number of hydrogen-bond donors (Lipinski definition) is 0. The number of amides is 1. The van der Waals surface area contributed by atoms with Crippen molar-refractivity contribution in [2.45, 2.75) is 78.7 Å². The van der Waals surface area contributed by atoms with Gasteiger partial charge in [-0.15, -0.1) is 0 Å². The van der Waals surface area contributed by atoms with Crippen LogP contribution in [0.15, 0.2) is 17.2 Å². The Bertz CT molecular complexity index is 929. The van der Waals surface area contributed by atoms with E-state index in [2.05, 4.69) is 21.0 Å². The first-order chi connectivity index (χ1) is 15.2. The van der Waals surface area contributed by atoms with Gasteiger partial charge in [0.2, 0.25) is 0 Å². The van der Waals surface area contributed by atoms with Crippen LogP contribution in [0.5, 0.6) is 0 Å². The summed E-state index contributed by atoms with van der Waals surface area (Å²) in [6.07, 6.45) is -0.272. The van der Waals surface area contributed by atoms with E-state index in [9.17, 15) is 4.79 Å². The summed E-state index contributed by atoms with van der Waals surface area (Å²) < 4.78 is 17.9. The largest absolute Gasteiger partial charge is 0.494 e. The molecule has 0 radical (unpaired) electrons. The molecule has 33 heavy (non-hydrogen) atoms. The minimum atomic E-state index is -0.536. The van der Waals surface area contributed by atoms with E-state index in [1.807, 2.05) is 61.5 Å². The van der Waals surface area contributed by atoms with Crippen molar-refractivity contribution in [1.82, 2.24) is 9.80 Å². The van der Waals surface area contributed by atoms with Gasteiger partial charge in [0, 0.05) is 43.3 Å². The molecule has 2 heterocycles. The molecule has 2 fully saturated rings. The summed E-state index contributed by atoms with van der Waals surface area (Å²) in [5.74, 6) is 0. The van der Waals surface area contributed by atoms with E-state index in [1.54, 1.807) is 4.90 Å². The highest BCUT2D eigenvalue weighted by Gasteiger charge is 2.51. The molecule has 9 nitrogen and oxygen atoms in total.